The lowest BCUT2D eigenvalue weighted by molar-refractivity contribution is 0.0886. The molecule has 0 unspecified atom stereocenters. The molecule has 0 aromatic heterocycles. The molecule has 0 radical (unpaired) electrons. The van der Waals surface area contributed by atoms with Gasteiger partial charge in [0.15, 0.2) is 0 Å². The summed E-state index contributed by atoms with van der Waals surface area (Å²) in [5.74, 6) is 0. The van der Waals surface area contributed by atoms with E-state index in [9.17, 15) is 5.11 Å². The van der Waals surface area contributed by atoms with Crippen LogP contribution in [0.2, 0.25) is 5.02 Å². The van der Waals surface area contributed by atoms with E-state index in [1.165, 1.54) is 0 Å². The summed E-state index contributed by atoms with van der Waals surface area (Å²) in [7, 11) is 1.95. The highest BCUT2D eigenvalue weighted by molar-refractivity contribution is 6.30. The summed E-state index contributed by atoms with van der Waals surface area (Å²) in [4.78, 5) is 2.00. The minimum absolute atomic E-state index is 0.592. The van der Waals surface area contributed by atoms with Crippen LogP contribution in [0.5, 0.6) is 0 Å². The van der Waals surface area contributed by atoms with Crippen molar-refractivity contribution < 1.29 is 5.11 Å². The zero-order chi connectivity index (χ0) is 10.8. The number of aliphatic hydroxyl groups is 1. The second-order valence-electron chi connectivity index (χ2n) is 4.14. The highest BCUT2D eigenvalue weighted by atomic mass is 35.5. The molecular formula is C11H16ClNO. The van der Waals surface area contributed by atoms with Gasteiger partial charge in [0.2, 0.25) is 0 Å². The molecule has 1 aromatic carbocycles. The number of likely N-dealkylation sites (N-methyl/N-ethyl adjacent to an activating group) is 1. The van der Waals surface area contributed by atoms with E-state index in [2.05, 4.69) is 0 Å². The van der Waals surface area contributed by atoms with Crippen LogP contribution in [-0.2, 0) is 0 Å². The molecule has 0 fully saturated rings. The maximum atomic E-state index is 9.64. The Labute approximate surface area is 90.1 Å². The fourth-order valence-electron chi connectivity index (χ4n) is 1.37. The largest absolute Gasteiger partial charge is 0.389 e. The van der Waals surface area contributed by atoms with Gasteiger partial charge in [-0.2, -0.15) is 0 Å². The molecule has 0 saturated carbocycles. The maximum absolute atomic E-state index is 9.64. The van der Waals surface area contributed by atoms with Gasteiger partial charge in [-0.25, -0.2) is 0 Å². The smallest absolute Gasteiger partial charge is 0.0765 e. The Morgan fingerprint density at radius 3 is 2.21 bits per heavy atom. The zero-order valence-corrected chi connectivity index (χ0v) is 9.54. The SMILES string of the molecule is CN(CC(C)(C)O)c1ccc(Cl)cc1. The normalized spacial score (nSPS) is 11.5. The van der Waals surface area contributed by atoms with Crippen molar-refractivity contribution in [2.45, 2.75) is 19.4 Å². The quantitative estimate of drug-likeness (QED) is 0.834. The fourth-order valence-corrected chi connectivity index (χ4v) is 1.49. The van der Waals surface area contributed by atoms with E-state index in [-0.39, 0.29) is 0 Å². The van der Waals surface area contributed by atoms with Crippen molar-refractivity contribution in [3.05, 3.63) is 29.3 Å². The number of benzene rings is 1. The minimum atomic E-state index is -0.686. The zero-order valence-electron chi connectivity index (χ0n) is 8.79. The Morgan fingerprint density at radius 2 is 1.79 bits per heavy atom. The number of hydrogen-bond acceptors (Lipinski definition) is 2. The van der Waals surface area contributed by atoms with E-state index in [0.717, 1.165) is 10.7 Å². The van der Waals surface area contributed by atoms with Crippen LogP contribution in [-0.4, -0.2) is 24.3 Å². The number of halogens is 1. The van der Waals surface area contributed by atoms with E-state index < -0.39 is 5.60 Å². The molecule has 0 heterocycles. The molecule has 0 aliphatic heterocycles. The van der Waals surface area contributed by atoms with Crippen molar-refractivity contribution in [2.75, 3.05) is 18.5 Å². The van der Waals surface area contributed by atoms with Crippen molar-refractivity contribution in [3.63, 3.8) is 0 Å². The van der Waals surface area contributed by atoms with Gasteiger partial charge in [-0.05, 0) is 38.1 Å². The van der Waals surface area contributed by atoms with Crippen LogP contribution < -0.4 is 4.90 Å². The lowest BCUT2D eigenvalue weighted by Crippen LogP contribution is -2.36. The van der Waals surface area contributed by atoms with Gasteiger partial charge in [-0.1, -0.05) is 11.6 Å². The van der Waals surface area contributed by atoms with Crippen LogP contribution >= 0.6 is 11.6 Å². The summed E-state index contributed by atoms with van der Waals surface area (Å²) in [6.07, 6.45) is 0. The average Bonchev–Trinajstić information content (AvgIpc) is 2.02. The topological polar surface area (TPSA) is 23.5 Å². The highest BCUT2D eigenvalue weighted by Crippen LogP contribution is 2.18. The second kappa shape index (κ2) is 4.20. The van der Waals surface area contributed by atoms with Crippen LogP contribution in [0.15, 0.2) is 24.3 Å². The molecule has 0 amide bonds. The fraction of sp³-hybridized carbons (Fsp3) is 0.455. The lowest BCUT2D eigenvalue weighted by Gasteiger charge is -2.27. The van der Waals surface area contributed by atoms with E-state index in [4.69, 9.17) is 11.6 Å². The van der Waals surface area contributed by atoms with Gasteiger partial charge in [-0.3, -0.25) is 0 Å². The number of anilines is 1. The predicted octanol–water partition coefficient (Wildman–Crippen LogP) is 2.55. The molecule has 1 aromatic rings. The summed E-state index contributed by atoms with van der Waals surface area (Å²) in [5.41, 5.74) is 0.366. The third-order valence-electron chi connectivity index (χ3n) is 1.89. The Bertz CT molecular complexity index is 289. The molecule has 78 valence electrons. The Balaban J connectivity index is 2.70. The van der Waals surface area contributed by atoms with Gasteiger partial charge >= 0.3 is 0 Å². The van der Waals surface area contributed by atoms with Crippen molar-refractivity contribution in [1.29, 1.82) is 0 Å². The van der Waals surface area contributed by atoms with Crippen molar-refractivity contribution in [3.8, 4) is 0 Å². The van der Waals surface area contributed by atoms with Gasteiger partial charge in [-0.15, -0.1) is 0 Å². The average molecular weight is 214 g/mol. The van der Waals surface area contributed by atoms with Crippen molar-refractivity contribution in [2.24, 2.45) is 0 Å². The van der Waals surface area contributed by atoms with Gasteiger partial charge in [0.05, 0.1) is 5.60 Å². The Kier molecular flexibility index (Phi) is 3.40. The molecule has 2 nitrogen and oxygen atoms in total. The van der Waals surface area contributed by atoms with Crippen molar-refractivity contribution in [1.82, 2.24) is 0 Å². The van der Waals surface area contributed by atoms with Crippen LogP contribution in [0, 0.1) is 0 Å². The van der Waals surface area contributed by atoms with Gasteiger partial charge in [0, 0.05) is 24.3 Å². The first-order valence-electron chi connectivity index (χ1n) is 4.57. The first kappa shape index (κ1) is 11.3. The molecule has 0 saturated heterocycles. The number of hydrogen-bond donors (Lipinski definition) is 1. The third kappa shape index (κ3) is 3.56. The number of nitrogens with zero attached hydrogens (tertiary/aromatic N) is 1. The monoisotopic (exact) mass is 213 g/mol. The van der Waals surface area contributed by atoms with E-state index in [1.807, 2.05) is 36.2 Å². The molecule has 0 spiro atoms. The predicted molar refractivity (Wildman–Crippen MR) is 61.0 cm³/mol. The molecular weight excluding hydrogens is 198 g/mol. The van der Waals surface area contributed by atoms with Crippen LogP contribution in [0.25, 0.3) is 0 Å². The standard InChI is InChI=1S/C11H16ClNO/c1-11(2,14)8-13(3)10-6-4-9(12)5-7-10/h4-7,14H,8H2,1-3H3. The maximum Gasteiger partial charge on any atom is 0.0765 e. The minimum Gasteiger partial charge on any atom is -0.389 e. The molecule has 0 bridgehead atoms. The Hall–Kier alpha value is -0.730. The summed E-state index contributed by atoms with van der Waals surface area (Å²) >= 11 is 5.78. The number of rotatable bonds is 3. The molecule has 1 N–H and O–H groups in total. The highest BCUT2D eigenvalue weighted by Gasteiger charge is 2.15. The van der Waals surface area contributed by atoms with E-state index in [0.29, 0.717) is 6.54 Å². The summed E-state index contributed by atoms with van der Waals surface area (Å²) in [5, 5.41) is 10.4. The van der Waals surface area contributed by atoms with Gasteiger partial charge < -0.3 is 10.0 Å². The molecule has 0 aliphatic rings. The van der Waals surface area contributed by atoms with Crippen LogP contribution in [0.1, 0.15) is 13.8 Å². The van der Waals surface area contributed by atoms with Crippen LogP contribution in [0.4, 0.5) is 5.69 Å². The molecule has 14 heavy (non-hydrogen) atoms. The van der Waals surface area contributed by atoms with Gasteiger partial charge in [0.25, 0.3) is 0 Å². The van der Waals surface area contributed by atoms with Crippen molar-refractivity contribution >= 4 is 17.3 Å². The first-order chi connectivity index (χ1) is 6.38. The molecule has 1 rings (SSSR count). The molecule has 0 atom stereocenters. The summed E-state index contributed by atoms with van der Waals surface area (Å²) in [6.45, 7) is 4.17. The van der Waals surface area contributed by atoms with Crippen LogP contribution in [0.3, 0.4) is 0 Å². The summed E-state index contributed by atoms with van der Waals surface area (Å²) < 4.78 is 0. The third-order valence-corrected chi connectivity index (χ3v) is 2.14. The van der Waals surface area contributed by atoms with E-state index in [1.54, 1.807) is 13.8 Å². The Morgan fingerprint density at radius 1 is 1.29 bits per heavy atom. The first-order valence-corrected chi connectivity index (χ1v) is 4.95. The molecule has 0 aliphatic carbocycles. The second-order valence-corrected chi connectivity index (χ2v) is 4.58. The lowest BCUT2D eigenvalue weighted by atomic mass is 10.1. The van der Waals surface area contributed by atoms with Gasteiger partial charge in [0.1, 0.15) is 0 Å². The van der Waals surface area contributed by atoms with E-state index >= 15 is 0 Å². The molecule has 3 heteroatoms. The summed E-state index contributed by atoms with van der Waals surface area (Å²) in [6, 6.07) is 7.57.